The van der Waals surface area contributed by atoms with Crippen LogP contribution in [0.25, 0.3) is 11.3 Å². The van der Waals surface area contributed by atoms with Crippen molar-refractivity contribution in [2.45, 2.75) is 25.8 Å². The van der Waals surface area contributed by atoms with Crippen molar-refractivity contribution in [1.82, 2.24) is 14.5 Å². The number of aryl methyl sites for hydroxylation is 1. The first-order valence-electron chi connectivity index (χ1n) is 6.52. The van der Waals surface area contributed by atoms with Crippen molar-refractivity contribution in [3.63, 3.8) is 0 Å². The number of anilines is 1. The van der Waals surface area contributed by atoms with Crippen molar-refractivity contribution in [1.29, 1.82) is 0 Å². The van der Waals surface area contributed by atoms with Gasteiger partial charge in [-0.05, 0) is 37.0 Å². The zero-order chi connectivity index (χ0) is 13.5. The van der Waals surface area contributed by atoms with E-state index < -0.39 is 0 Å². The maximum absolute atomic E-state index is 5.61. The molecule has 0 fully saturated rings. The number of hydrogen-bond acceptors (Lipinski definition) is 4. The molecule has 0 aliphatic rings. The normalized spacial score (nSPS) is 10.8. The fourth-order valence-corrected chi connectivity index (χ4v) is 2.49. The van der Waals surface area contributed by atoms with Gasteiger partial charge in [0.15, 0.2) is 0 Å². The van der Waals surface area contributed by atoms with Gasteiger partial charge in [0.05, 0.1) is 18.2 Å². The highest BCUT2D eigenvalue weighted by Crippen LogP contribution is 2.19. The van der Waals surface area contributed by atoms with Crippen molar-refractivity contribution in [2.24, 2.45) is 0 Å². The Balaban J connectivity index is 1.96. The number of nitrogens with two attached hydrogens (primary N) is 1. The van der Waals surface area contributed by atoms with Crippen molar-refractivity contribution in [3.05, 3.63) is 30.9 Å². The highest BCUT2D eigenvalue weighted by Gasteiger charge is 2.05. The van der Waals surface area contributed by atoms with Crippen LogP contribution in [0.2, 0.25) is 0 Å². The second kappa shape index (κ2) is 7.19. The number of hydrogen-bond donors (Lipinski definition) is 1. The summed E-state index contributed by atoms with van der Waals surface area (Å²) < 4.78 is 2.19. The Morgan fingerprint density at radius 2 is 2.11 bits per heavy atom. The smallest absolute Gasteiger partial charge is 0.123 e. The number of rotatable bonds is 7. The highest BCUT2D eigenvalue weighted by molar-refractivity contribution is 7.98. The maximum Gasteiger partial charge on any atom is 0.123 e. The Morgan fingerprint density at radius 1 is 1.21 bits per heavy atom. The van der Waals surface area contributed by atoms with Crippen LogP contribution in [0.15, 0.2) is 30.9 Å². The molecule has 0 aliphatic carbocycles. The molecule has 2 aromatic rings. The quantitative estimate of drug-likeness (QED) is 0.790. The van der Waals surface area contributed by atoms with E-state index in [4.69, 9.17) is 5.73 Å². The lowest BCUT2D eigenvalue weighted by molar-refractivity contribution is 0.608. The van der Waals surface area contributed by atoms with Crippen LogP contribution in [-0.2, 0) is 6.54 Å². The number of pyridine rings is 1. The molecule has 0 aromatic carbocycles. The first-order valence-corrected chi connectivity index (χ1v) is 7.91. The van der Waals surface area contributed by atoms with Crippen molar-refractivity contribution in [2.75, 3.05) is 17.7 Å². The van der Waals surface area contributed by atoms with Gasteiger partial charge in [-0.2, -0.15) is 11.8 Å². The van der Waals surface area contributed by atoms with E-state index in [0.717, 1.165) is 17.8 Å². The summed E-state index contributed by atoms with van der Waals surface area (Å²) in [5.41, 5.74) is 7.78. The van der Waals surface area contributed by atoms with Crippen molar-refractivity contribution >= 4 is 17.6 Å². The predicted molar refractivity (Wildman–Crippen MR) is 82.1 cm³/mol. The summed E-state index contributed by atoms with van der Waals surface area (Å²) in [5.74, 6) is 1.80. The van der Waals surface area contributed by atoms with Gasteiger partial charge in [0.2, 0.25) is 0 Å². The van der Waals surface area contributed by atoms with Crippen LogP contribution in [0.4, 0.5) is 5.82 Å². The summed E-state index contributed by atoms with van der Waals surface area (Å²) in [5, 5.41) is 0. The van der Waals surface area contributed by atoms with E-state index in [1.54, 1.807) is 6.20 Å². The number of aromatic nitrogens is 3. The number of unbranched alkanes of at least 4 members (excludes halogenated alkanes) is 2. The molecule has 0 amide bonds. The molecular formula is C14H20N4S. The molecule has 0 atom stereocenters. The average molecular weight is 276 g/mol. The lowest BCUT2D eigenvalue weighted by Crippen LogP contribution is -1.99. The second-order valence-corrected chi connectivity index (χ2v) is 5.48. The number of thioether (sulfide) groups is 1. The Morgan fingerprint density at radius 3 is 2.84 bits per heavy atom. The van der Waals surface area contributed by atoms with E-state index in [9.17, 15) is 0 Å². The summed E-state index contributed by atoms with van der Waals surface area (Å²) in [6.45, 7) is 1.01. The number of nitrogens with zero attached hydrogens (tertiary/aromatic N) is 3. The Kier molecular flexibility index (Phi) is 5.27. The van der Waals surface area contributed by atoms with Gasteiger partial charge >= 0.3 is 0 Å². The monoisotopic (exact) mass is 276 g/mol. The van der Waals surface area contributed by atoms with Crippen molar-refractivity contribution < 1.29 is 0 Å². The van der Waals surface area contributed by atoms with Gasteiger partial charge in [0, 0.05) is 18.3 Å². The van der Waals surface area contributed by atoms with Gasteiger partial charge in [-0.3, -0.25) is 0 Å². The third-order valence-corrected chi connectivity index (χ3v) is 3.74. The van der Waals surface area contributed by atoms with Crippen LogP contribution in [-0.4, -0.2) is 26.5 Å². The SMILES string of the molecule is CSCCCCCn1cncc1-c1ccc(N)nc1. The van der Waals surface area contributed by atoms with Gasteiger partial charge in [-0.1, -0.05) is 6.42 Å². The minimum atomic E-state index is 0.548. The summed E-state index contributed by atoms with van der Waals surface area (Å²) in [6.07, 6.45) is 11.5. The molecule has 0 saturated heterocycles. The van der Waals surface area contributed by atoms with Gasteiger partial charge in [-0.25, -0.2) is 9.97 Å². The van der Waals surface area contributed by atoms with Crippen molar-refractivity contribution in [3.8, 4) is 11.3 Å². The van der Waals surface area contributed by atoms with Crippen LogP contribution in [0.1, 0.15) is 19.3 Å². The topological polar surface area (TPSA) is 56.7 Å². The summed E-state index contributed by atoms with van der Waals surface area (Å²) in [6, 6.07) is 3.81. The molecule has 2 aromatic heterocycles. The van der Waals surface area contributed by atoms with E-state index in [1.807, 2.05) is 36.4 Å². The van der Waals surface area contributed by atoms with E-state index in [2.05, 4.69) is 20.8 Å². The minimum Gasteiger partial charge on any atom is -0.384 e. The molecule has 5 heteroatoms. The predicted octanol–water partition coefficient (Wildman–Crippen LogP) is 3.06. The van der Waals surface area contributed by atoms with Crippen LogP contribution in [0.5, 0.6) is 0 Å². The largest absolute Gasteiger partial charge is 0.384 e. The van der Waals surface area contributed by atoms with Gasteiger partial charge < -0.3 is 10.3 Å². The van der Waals surface area contributed by atoms with Gasteiger partial charge in [0.25, 0.3) is 0 Å². The molecule has 0 bridgehead atoms. The summed E-state index contributed by atoms with van der Waals surface area (Å²) in [7, 11) is 0. The molecule has 2 N–H and O–H groups in total. The fraction of sp³-hybridized carbons (Fsp3) is 0.429. The Hall–Kier alpha value is -1.49. The zero-order valence-corrected chi connectivity index (χ0v) is 12.1. The lowest BCUT2D eigenvalue weighted by Gasteiger charge is -2.08. The van der Waals surface area contributed by atoms with Gasteiger partial charge in [-0.15, -0.1) is 0 Å². The van der Waals surface area contributed by atoms with E-state index in [0.29, 0.717) is 5.82 Å². The summed E-state index contributed by atoms with van der Waals surface area (Å²) in [4.78, 5) is 8.37. The summed E-state index contributed by atoms with van der Waals surface area (Å²) >= 11 is 1.91. The minimum absolute atomic E-state index is 0.548. The third kappa shape index (κ3) is 3.99. The molecule has 0 aliphatic heterocycles. The zero-order valence-electron chi connectivity index (χ0n) is 11.2. The van der Waals surface area contributed by atoms with Crippen LogP contribution in [0.3, 0.4) is 0 Å². The van der Waals surface area contributed by atoms with Crippen LogP contribution < -0.4 is 5.73 Å². The maximum atomic E-state index is 5.61. The third-order valence-electron chi connectivity index (χ3n) is 3.04. The molecule has 0 saturated carbocycles. The van der Waals surface area contributed by atoms with Gasteiger partial charge in [0.1, 0.15) is 5.82 Å². The second-order valence-electron chi connectivity index (χ2n) is 4.50. The standard InChI is InChI=1S/C14H20N4S/c1-19-8-4-2-3-7-18-11-16-10-13(18)12-5-6-14(15)17-9-12/h5-6,9-11H,2-4,7-8H2,1H3,(H2,15,17). The van der Waals surface area contributed by atoms with Crippen LogP contribution >= 0.6 is 11.8 Å². The first-order chi connectivity index (χ1) is 9.31. The van der Waals surface area contributed by atoms with E-state index >= 15 is 0 Å². The molecule has 0 spiro atoms. The molecule has 2 heterocycles. The van der Waals surface area contributed by atoms with Crippen LogP contribution in [0, 0.1) is 0 Å². The average Bonchev–Trinajstić information content (AvgIpc) is 2.88. The molecule has 0 unspecified atom stereocenters. The lowest BCUT2D eigenvalue weighted by atomic mass is 10.2. The Bertz CT molecular complexity index is 492. The molecule has 0 radical (unpaired) electrons. The Labute approximate surface area is 118 Å². The molecule has 19 heavy (non-hydrogen) atoms. The molecule has 102 valence electrons. The van der Waals surface area contributed by atoms with E-state index in [-0.39, 0.29) is 0 Å². The molecule has 4 nitrogen and oxygen atoms in total. The first kappa shape index (κ1) is 13.9. The molecule has 2 rings (SSSR count). The highest BCUT2D eigenvalue weighted by atomic mass is 32.2. The van der Waals surface area contributed by atoms with E-state index in [1.165, 1.54) is 25.0 Å². The molecular weight excluding hydrogens is 256 g/mol. The number of imidazole rings is 1. The number of nitrogen functional groups attached to an aromatic ring is 1. The fourth-order valence-electron chi connectivity index (χ4n) is 2.00.